The molecule has 0 aliphatic carbocycles. The van der Waals surface area contributed by atoms with Crippen molar-refractivity contribution in [1.29, 1.82) is 5.26 Å². The molecular formula is C20H27N3O2. The molecule has 1 aromatic carbocycles. The number of nitrogens with zero attached hydrogens (tertiary/aromatic N) is 2. The lowest BCUT2D eigenvalue weighted by molar-refractivity contribution is -0.126. The zero-order valence-electron chi connectivity index (χ0n) is 15.0. The lowest BCUT2D eigenvalue weighted by Crippen LogP contribution is -2.50. The van der Waals surface area contributed by atoms with Crippen molar-refractivity contribution >= 4 is 11.6 Å². The topological polar surface area (TPSA) is 76.4 Å². The maximum atomic E-state index is 12.4. The lowest BCUT2D eigenvalue weighted by atomic mass is 9.66. The SMILES string of the molecule is CCN1CCC2(C=C(c3ccccc3)NC(=O)C2C#N)CC1.CCO. The van der Waals surface area contributed by atoms with Gasteiger partial charge in [0.2, 0.25) is 5.91 Å². The number of amides is 1. The van der Waals surface area contributed by atoms with E-state index in [1.165, 1.54) is 0 Å². The van der Waals surface area contributed by atoms with Crippen molar-refractivity contribution in [2.24, 2.45) is 11.3 Å². The van der Waals surface area contributed by atoms with Crippen molar-refractivity contribution in [2.75, 3.05) is 26.2 Å². The van der Waals surface area contributed by atoms with E-state index in [0.717, 1.165) is 43.7 Å². The summed E-state index contributed by atoms with van der Waals surface area (Å²) in [6, 6.07) is 12.1. The number of hydrogen-bond acceptors (Lipinski definition) is 4. The monoisotopic (exact) mass is 341 g/mol. The van der Waals surface area contributed by atoms with Gasteiger partial charge in [0, 0.05) is 17.7 Å². The molecule has 5 nitrogen and oxygen atoms in total. The molecule has 1 atom stereocenters. The molecule has 1 spiro atoms. The number of aliphatic hydroxyl groups is 1. The van der Waals surface area contributed by atoms with Gasteiger partial charge in [-0.25, -0.2) is 0 Å². The van der Waals surface area contributed by atoms with Gasteiger partial charge in [-0.15, -0.1) is 0 Å². The van der Waals surface area contributed by atoms with Crippen molar-refractivity contribution in [1.82, 2.24) is 10.2 Å². The third-order valence-electron chi connectivity index (χ3n) is 4.97. The lowest BCUT2D eigenvalue weighted by Gasteiger charge is -2.44. The first-order valence-electron chi connectivity index (χ1n) is 8.92. The summed E-state index contributed by atoms with van der Waals surface area (Å²) in [6.07, 6.45) is 3.87. The Kier molecular flexibility index (Phi) is 6.74. The summed E-state index contributed by atoms with van der Waals surface area (Å²) in [5, 5.41) is 20.0. The smallest absolute Gasteiger partial charge is 0.242 e. The largest absolute Gasteiger partial charge is 0.397 e. The van der Waals surface area contributed by atoms with Crippen LogP contribution in [0.15, 0.2) is 36.4 Å². The molecule has 2 aliphatic heterocycles. The minimum Gasteiger partial charge on any atom is -0.397 e. The number of nitriles is 1. The molecule has 1 saturated heterocycles. The van der Waals surface area contributed by atoms with Crippen LogP contribution in [0.2, 0.25) is 0 Å². The van der Waals surface area contributed by atoms with Gasteiger partial charge in [-0.05, 0) is 45.0 Å². The van der Waals surface area contributed by atoms with Crippen LogP contribution in [0.4, 0.5) is 0 Å². The maximum Gasteiger partial charge on any atom is 0.242 e. The average molecular weight is 341 g/mol. The number of carbonyl (C=O) groups is 1. The molecule has 0 aromatic heterocycles. The van der Waals surface area contributed by atoms with Crippen LogP contribution in [0.25, 0.3) is 5.70 Å². The minimum atomic E-state index is -0.584. The number of aliphatic hydroxyl groups excluding tert-OH is 1. The highest BCUT2D eigenvalue weighted by molar-refractivity contribution is 5.93. The molecule has 2 heterocycles. The molecule has 0 saturated carbocycles. The minimum absolute atomic E-state index is 0.159. The third kappa shape index (κ3) is 4.28. The quantitative estimate of drug-likeness (QED) is 0.866. The molecular weight excluding hydrogens is 314 g/mol. The van der Waals surface area contributed by atoms with Crippen molar-refractivity contribution in [2.45, 2.75) is 26.7 Å². The molecule has 134 valence electrons. The van der Waals surface area contributed by atoms with Crippen LogP contribution in [0.1, 0.15) is 32.3 Å². The summed E-state index contributed by atoms with van der Waals surface area (Å²) < 4.78 is 0. The van der Waals surface area contributed by atoms with E-state index >= 15 is 0 Å². The standard InChI is InChI=1S/C18H21N3O.C2H6O/c1-2-21-10-8-18(9-11-21)12-16(14-6-4-3-5-7-14)20-17(22)15(18)13-19;1-2-3/h3-7,12,15H,2,8-11H2,1H3,(H,20,22);3H,2H2,1H3. The van der Waals surface area contributed by atoms with E-state index in [2.05, 4.69) is 29.3 Å². The number of likely N-dealkylation sites (tertiary alicyclic amines) is 1. The van der Waals surface area contributed by atoms with Crippen LogP contribution in [0.5, 0.6) is 0 Å². The van der Waals surface area contributed by atoms with Crippen molar-refractivity contribution in [3.63, 3.8) is 0 Å². The zero-order valence-corrected chi connectivity index (χ0v) is 15.0. The molecule has 0 radical (unpaired) electrons. The molecule has 1 aromatic rings. The average Bonchev–Trinajstić information content (AvgIpc) is 2.63. The first-order valence-corrected chi connectivity index (χ1v) is 8.92. The van der Waals surface area contributed by atoms with Gasteiger partial charge in [-0.1, -0.05) is 43.3 Å². The number of nitrogens with one attached hydrogen (secondary N) is 1. The molecule has 3 rings (SSSR count). The fourth-order valence-electron chi connectivity index (χ4n) is 3.55. The predicted octanol–water partition coefficient (Wildman–Crippen LogP) is 2.40. The van der Waals surface area contributed by atoms with Crippen LogP contribution in [0.3, 0.4) is 0 Å². The Bertz CT molecular complexity index is 641. The highest BCUT2D eigenvalue weighted by Crippen LogP contribution is 2.44. The highest BCUT2D eigenvalue weighted by Gasteiger charge is 2.46. The first-order chi connectivity index (χ1) is 12.1. The second-order valence-corrected chi connectivity index (χ2v) is 6.46. The van der Waals surface area contributed by atoms with Crippen molar-refractivity contribution in [3.05, 3.63) is 42.0 Å². The molecule has 2 N–H and O–H groups in total. The van der Waals surface area contributed by atoms with Crippen LogP contribution in [0, 0.1) is 22.7 Å². The molecule has 5 heteroatoms. The van der Waals surface area contributed by atoms with Gasteiger partial charge in [0.05, 0.1) is 6.07 Å². The van der Waals surface area contributed by atoms with Crippen molar-refractivity contribution < 1.29 is 9.90 Å². The van der Waals surface area contributed by atoms with Gasteiger partial charge in [0.1, 0.15) is 5.92 Å². The van der Waals surface area contributed by atoms with Crippen LogP contribution >= 0.6 is 0 Å². The van der Waals surface area contributed by atoms with E-state index in [9.17, 15) is 10.1 Å². The number of hydrogen-bond donors (Lipinski definition) is 2. The highest BCUT2D eigenvalue weighted by atomic mass is 16.2. The van der Waals surface area contributed by atoms with E-state index in [-0.39, 0.29) is 17.9 Å². The Morgan fingerprint density at radius 2 is 1.88 bits per heavy atom. The second kappa shape index (κ2) is 8.80. The molecule has 25 heavy (non-hydrogen) atoms. The second-order valence-electron chi connectivity index (χ2n) is 6.46. The van der Waals surface area contributed by atoms with E-state index < -0.39 is 5.92 Å². The van der Waals surface area contributed by atoms with Crippen molar-refractivity contribution in [3.8, 4) is 6.07 Å². The molecule has 1 unspecified atom stereocenters. The molecule has 0 bridgehead atoms. The van der Waals surface area contributed by atoms with Gasteiger partial charge in [-0.2, -0.15) is 5.26 Å². The molecule has 1 amide bonds. The Morgan fingerprint density at radius 1 is 1.28 bits per heavy atom. The van der Waals surface area contributed by atoms with Crippen LogP contribution < -0.4 is 5.32 Å². The van der Waals surface area contributed by atoms with E-state index in [1.54, 1.807) is 6.92 Å². The van der Waals surface area contributed by atoms with Crippen LogP contribution in [-0.2, 0) is 4.79 Å². The Morgan fingerprint density at radius 3 is 2.40 bits per heavy atom. The number of allylic oxidation sites excluding steroid dienone is 1. The Labute approximate surface area is 150 Å². The van der Waals surface area contributed by atoms with Crippen LogP contribution in [-0.4, -0.2) is 42.2 Å². The summed E-state index contributed by atoms with van der Waals surface area (Å²) in [5.74, 6) is -0.743. The normalized spacial score (nSPS) is 22.2. The van der Waals surface area contributed by atoms with E-state index in [4.69, 9.17) is 5.11 Å². The van der Waals surface area contributed by atoms with Gasteiger partial charge in [0.15, 0.2) is 0 Å². The Balaban J connectivity index is 0.000000701. The summed E-state index contributed by atoms with van der Waals surface area (Å²) in [4.78, 5) is 14.8. The van der Waals surface area contributed by atoms with E-state index in [1.807, 2.05) is 30.3 Å². The number of benzene rings is 1. The first kappa shape index (κ1) is 19.2. The summed E-state index contributed by atoms with van der Waals surface area (Å²) >= 11 is 0. The van der Waals surface area contributed by atoms with E-state index in [0.29, 0.717) is 0 Å². The fraction of sp³-hybridized carbons (Fsp3) is 0.500. The Hall–Kier alpha value is -2.16. The summed E-state index contributed by atoms with van der Waals surface area (Å²) in [5.41, 5.74) is 1.53. The van der Waals surface area contributed by atoms with Gasteiger partial charge in [-0.3, -0.25) is 4.79 Å². The van der Waals surface area contributed by atoms with Gasteiger partial charge in [0.25, 0.3) is 0 Å². The van der Waals surface area contributed by atoms with Gasteiger partial charge < -0.3 is 15.3 Å². The van der Waals surface area contributed by atoms with Gasteiger partial charge >= 0.3 is 0 Å². The maximum absolute atomic E-state index is 12.4. The third-order valence-corrected chi connectivity index (χ3v) is 4.97. The number of carbonyl (C=O) groups excluding carboxylic acids is 1. The zero-order chi connectivity index (χ0) is 18.3. The molecule has 2 aliphatic rings. The number of piperidine rings is 1. The summed E-state index contributed by atoms with van der Waals surface area (Å²) in [6.45, 7) is 6.99. The predicted molar refractivity (Wildman–Crippen MR) is 98.2 cm³/mol. The molecule has 1 fully saturated rings. The fourth-order valence-corrected chi connectivity index (χ4v) is 3.55. The number of rotatable bonds is 2. The summed E-state index contributed by atoms with van der Waals surface area (Å²) in [7, 11) is 0.